The Balaban J connectivity index is 0. The van der Waals surface area contributed by atoms with Crippen molar-refractivity contribution < 1.29 is 4.84 Å². The highest BCUT2D eigenvalue weighted by Gasteiger charge is 1.86. The Morgan fingerprint density at radius 3 is 2.12 bits per heavy atom. The van der Waals surface area contributed by atoms with Gasteiger partial charge in [-0.25, -0.2) is 5.48 Å². The van der Waals surface area contributed by atoms with Crippen LogP contribution in [0, 0.1) is 0 Å². The molecule has 1 N–H and O–H groups in total. The van der Waals surface area contributed by atoms with Crippen molar-refractivity contribution in [1.29, 1.82) is 0 Å². The minimum Gasteiger partial charge on any atom is -0.299 e. The van der Waals surface area contributed by atoms with Crippen LogP contribution in [0.4, 0.5) is 0 Å². The Labute approximate surface area is 57.0 Å². The Bertz CT molecular complexity index is 41.4. The maximum atomic E-state index is 4.94. The van der Waals surface area contributed by atoms with Crippen LogP contribution in [-0.2, 0) is 4.84 Å². The molecule has 52 valence electrons. The Kier molecular flexibility index (Phi) is 9.97. The molecule has 3 heteroatoms. The summed E-state index contributed by atoms with van der Waals surface area (Å²) in [6.45, 7) is 6.85. The summed E-state index contributed by atoms with van der Waals surface area (Å²) in [5.41, 5.74) is 2.75. The highest BCUT2D eigenvalue weighted by Crippen LogP contribution is 1.79. The zero-order valence-corrected chi connectivity index (χ0v) is 6.42. The number of hydrogen-bond acceptors (Lipinski definition) is 2. The molecule has 0 bridgehead atoms. The van der Waals surface area contributed by atoms with E-state index in [1.165, 1.54) is 0 Å². The van der Waals surface area contributed by atoms with E-state index < -0.39 is 0 Å². The van der Waals surface area contributed by atoms with E-state index in [4.69, 9.17) is 4.84 Å². The van der Waals surface area contributed by atoms with Crippen molar-refractivity contribution in [3.8, 4) is 0 Å². The third-order valence-electron chi connectivity index (χ3n) is 0.463. The Morgan fingerprint density at radius 2 is 2.00 bits per heavy atom. The van der Waals surface area contributed by atoms with Gasteiger partial charge in [0.1, 0.15) is 0 Å². The van der Waals surface area contributed by atoms with Crippen molar-refractivity contribution in [1.82, 2.24) is 5.48 Å². The van der Waals surface area contributed by atoms with Crippen molar-refractivity contribution in [2.24, 2.45) is 0 Å². The first-order valence-electron chi connectivity index (χ1n) is 2.66. The minimum atomic E-state index is 0. The van der Waals surface area contributed by atoms with Crippen LogP contribution in [0.15, 0.2) is 0 Å². The lowest BCUT2D eigenvalue weighted by Crippen LogP contribution is -2.18. The summed E-state index contributed by atoms with van der Waals surface area (Å²) in [5, 5.41) is 0. The second-order valence-electron chi connectivity index (χ2n) is 1.66. The number of rotatable bonds is 3. The molecule has 0 radical (unpaired) electrons. The fourth-order valence-electron chi connectivity index (χ4n) is 0.250. The van der Waals surface area contributed by atoms with Crippen LogP contribution in [0.5, 0.6) is 0 Å². The lowest BCUT2D eigenvalue weighted by molar-refractivity contribution is -0.00186. The van der Waals surface area contributed by atoms with Gasteiger partial charge in [-0.15, -0.1) is 12.4 Å². The van der Waals surface area contributed by atoms with Gasteiger partial charge in [-0.3, -0.25) is 4.84 Å². The van der Waals surface area contributed by atoms with Gasteiger partial charge in [0.25, 0.3) is 0 Å². The molecular formula is C5H14ClNO. The molecule has 0 rings (SSSR count). The Morgan fingerprint density at radius 1 is 1.50 bits per heavy atom. The second kappa shape index (κ2) is 7.21. The average Bonchev–Trinajstić information content (AvgIpc) is 1.61. The molecule has 0 saturated heterocycles. The van der Waals surface area contributed by atoms with Crippen LogP contribution in [-0.4, -0.2) is 12.6 Å². The molecule has 0 aliphatic heterocycles. The monoisotopic (exact) mass is 139 g/mol. The van der Waals surface area contributed by atoms with Crippen LogP contribution in [0.25, 0.3) is 0 Å². The number of nitrogens with one attached hydrogen (secondary N) is 1. The van der Waals surface area contributed by atoms with Crippen molar-refractivity contribution in [2.75, 3.05) is 6.54 Å². The van der Waals surface area contributed by atoms with E-state index in [1.54, 1.807) is 0 Å². The maximum Gasteiger partial charge on any atom is 0.0734 e. The van der Waals surface area contributed by atoms with Crippen molar-refractivity contribution in [3.63, 3.8) is 0 Å². The summed E-state index contributed by atoms with van der Waals surface area (Å²) in [4.78, 5) is 4.94. The highest BCUT2D eigenvalue weighted by molar-refractivity contribution is 5.85. The normalized spacial score (nSPS) is 9.00. The fraction of sp³-hybridized carbons (Fsp3) is 1.00. The van der Waals surface area contributed by atoms with E-state index in [1.807, 2.05) is 20.8 Å². The van der Waals surface area contributed by atoms with Crippen LogP contribution in [0.1, 0.15) is 20.8 Å². The van der Waals surface area contributed by atoms with Crippen LogP contribution < -0.4 is 5.48 Å². The van der Waals surface area contributed by atoms with Gasteiger partial charge in [-0.1, -0.05) is 6.92 Å². The molecule has 0 aliphatic carbocycles. The van der Waals surface area contributed by atoms with E-state index in [9.17, 15) is 0 Å². The van der Waals surface area contributed by atoms with Gasteiger partial charge in [-0.2, -0.15) is 0 Å². The van der Waals surface area contributed by atoms with Crippen LogP contribution >= 0.6 is 12.4 Å². The predicted molar refractivity (Wildman–Crippen MR) is 37.1 cm³/mol. The second-order valence-corrected chi connectivity index (χ2v) is 1.66. The summed E-state index contributed by atoms with van der Waals surface area (Å²) in [6.07, 6.45) is 0.292. The fourth-order valence-corrected chi connectivity index (χ4v) is 0.250. The van der Waals surface area contributed by atoms with E-state index >= 15 is 0 Å². The van der Waals surface area contributed by atoms with Gasteiger partial charge in [0.15, 0.2) is 0 Å². The van der Waals surface area contributed by atoms with Gasteiger partial charge in [0.05, 0.1) is 6.10 Å². The standard InChI is InChI=1S/C5H13NO.ClH/c1-4-6-7-5(2)3;/h5-6H,4H2,1-3H3;1H. The average molecular weight is 140 g/mol. The van der Waals surface area contributed by atoms with Gasteiger partial charge >= 0.3 is 0 Å². The quantitative estimate of drug-likeness (QED) is 0.597. The summed E-state index contributed by atoms with van der Waals surface area (Å²) < 4.78 is 0. The molecule has 0 spiro atoms. The van der Waals surface area contributed by atoms with E-state index in [2.05, 4.69) is 5.48 Å². The van der Waals surface area contributed by atoms with Gasteiger partial charge in [-0.05, 0) is 13.8 Å². The molecule has 0 aromatic rings. The molecule has 0 fully saturated rings. The summed E-state index contributed by atoms with van der Waals surface area (Å²) >= 11 is 0. The first-order chi connectivity index (χ1) is 3.27. The van der Waals surface area contributed by atoms with Crippen molar-refractivity contribution in [3.05, 3.63) is 0 Å². The molecule has 0 saturated carbocycles. The number of hydroxylamine groups is 1. The third kappa shape index (κ3) is 9.51. The molecule has 0 aromatic heterocycles. The van der Waals surface area contributed by atoms with Gasteiger partial charge < -0.3 is 0 Å². The lowest BCUT2D eigenvalue weighted by Gasteiger charge is -2.04. The third-order valence-corrected chi connectivity index (χ3v) is 0.463. The molecule has 8 heavy (non-hydrogen) atoms. The number of halogens is 1. The van der Waals surface area contributed by atoms with Crippen LogP contribution in [0.2, 0.25) is 0 Å². The van der Waals surface area contributed by atoms with E-state index in [0.717, 1.165) is 6.54 Å². The first-order valence-corrected chi connectivity index (χ1v) is 2.66. The molecule has 0 unspecified atom stereocenters. The molecule has 0 heterocycles. The highest BCUT2D eigenvalue weighted by atomic mass is 35.5. The molecular weight excluding hydrogens is 126 g/mol. The van der Waals surface area contributed by atoms with Crippen molar-refractivity contribution >= 4 is 12.4 Å². The summed E-state index contributed by atoms with van der Waals surface area (Å²) in [7, 11) is 0. The maximum absolute atomic E-state index is 4.94. The largest absolute Gasteiger partial charge is 0.299 e. The predicted octanol–water partition coefficient (Wildman–Crippen LogP) is 1.36. The lowest BCUT2D eigenvalue weighted by atomic mass is 10.5. The zero-order valence-electron chi connectivity index (χ0n) is 5.60. The van der Waals surface area contributed by atoms with Crippen LogP contribution in [0.3, 0.4) is 0 Å². The zero-order chi connectivity index (χ0) is 5.70. The summed E-state index contributed by atoms with van der Waals surface area (Å²) in [5.74, 6) is 0. The SMILES string of the molecule is CCNOC(C)C.Cl. The van der Waals surface area contributed by atoms with Gasteiger partial charge in [0, 0.05) is 6.54 Å². The molecule has 0 aliphatic rings. The number of hydrogen-bond donors (Lipinski definition) is 1. The minimum absolute atomic E-state index is 0. The topological polar surface area (TPSA) is 21.3 Å². The molecule has 0 amide bonds. The molecule has 2 nitrogen and oxygen atoms in total. The first kappa shape index (κ1) is 11.1. The van der Waals surface area contributed by atoms with Crippen molar-refractivity contribution in [2.45, 2.75) is 26.9 Å². The molecule has 0 atom stereocenters. The van der Waals surface area contributed by atoms with E-state index in [-0.39, 0.29) is 12.4 Å². The van der Waals surface area contributed by atoms with E-state index in [0.29, 0.717) is 6.10 Å². The van der Waals surface area contributed by atoms with Gasteiger partial charge in [0.2, 0.25) is 0 Å². The molecule has 0 aromatic carbocycles. The smallest absolute Gasteiger partial charge is 0.0734 e. The Hall–Kier alpha value is 0.210. The summed E-state index contributed by atoms with van der Waals surface area (Å²) in [6, 6.07) is 0.